The molecule has 0 unspecified atom stereocenters. The number of rotatable bonds is 4. The van der Waals surface area contributed by atoms with Crippen LogP contribution in [0, 0.1) is 0 Å². The minimum Gasteiger partial charge on any atom is -0.370 e. The monoisotopic (exact) mass is 300 g/mol. The molecule has 2 heterocycles. The molecule has 2 fully saturated rings. The fraction of sp³-hybridized carbons (Fsp3) is 0.933. The molecule has 0 aromatic heterocycles. The van der Waals surface area contributed by atoms with Crippen LogP contribution in [0.25, 0.3) is 0 Å². The molecular weight excluding hydrogens is 270 g/mol. The lowest BCUT2D eigenvalue weighted by molar-refractivity contribution is -0.908. The standard InChI is InChI=1S/C15H29N3OS/c1-13-5-3-6-14(2)18(13)15(20)16-7-4-8-17-9-11-19-12-10-17/h13-14H,3-12H2,1-2H3,(H,16,20)/p+1/t13-,14-/m0/s1. The maximum atomic E-state index is 5.59. The minimum absolute atomic E-state index is 0.587. The van der Waals surface area contributed by atoms with Crippen molar-refractivity contribution in [2.75, 3.05) is 39.4 Å². The van der Waals surface area contributed by atoms with Crippen molar-refractivity contribution in [2.45, 2.75) is 51.6 Å². The van der Waals surface area contributed by atoms with Gasteiger partial charge in [0.05, 0.1) is 19.8 Å². The predicted molar refractivity (Wildman–Crippen MR) is 86.2 cm³/mol. The first-order valence-corrected chi connectivity index (χ1v) is 8.57. The summed E-state index contributed by atoms with van der Waals surface area (Å²) in [7, 11) is 0. The average molecular weight is 300 g/mol. The zero-order valence-corrected chi connectivity index (χ0v) is 13.8. The van der Waals surface area contributed by atoms with Crippen molar-refractivity contribution < 1.29 is 9.64 Å². The number of quaternary nitrogens is 1. The number of morpholine rings is 1. The second-order valence-electron chi connectivity index (χ2n) is 6.23. The Morgan fingerprint density at radius 3 is 2.55 bits per heavy atom. The van der Waals surface area contributed by atoms with Gasteiger partial charge in [0.25, 0.3) is 0 Å². The van der Waals surface area contributed by atoms with Gasteiger partial charge in [0.1, 0.15) is 13.1 Å². The first-order chi connectivity index (χ1) is 9.68. The number of likely N-dealkylation sites (tertiary alicyclic amines) is 1. The van der Waals surface area contributed by atoms with Gasteiger partial charge in [-0.1, -0.05) is 0 Å². The van der Waals surface area contributed by atoms with Crippen LogP contribution in [0.2, 0.25) is 0 Å². The number of nitrogens with one attached hydrogen (secondary N) is 2. The fourth-order valence-corrected chi connectivity index (χ4v) is 3.82. The molecular formula is C15H30N3OS+. The molecule has 2 atom stereocenters. The Morgan fingerprint density at radius 1 is 1.25 bits per heavy atom. The Hall–Kier alpha value is -0.390. The van der Waals surface area contributed by atoms with Crippen LogP contribution in [0.1, 0.15) is 39.5 Å². The first-order valence-electron chi connectivity index (χ1n) is 8.16. The molecule has 2 aliphatic heterocycles. The van der Waals surface area contributed by atoms with Gasteiger partial charge in [0.2, 0.25) is 0 Å². The van der Waals surface area contributed by atoms with E-state index >= 15 is 0 Å². The van der Waals surface area contributed by atoms with E-state index in [0.29, 0.717) is 12.1 Å². The molecule has 2 N–H and O–H groups in total. The molecule has 2 aliphatic rings. The fourth-order valence-electron chi connectivity index (χ4n) is 3.36. The third-order valence-corrected chi connectivity index (χ3v) is 4.97. The predicted octanol–water partition coefficient (Wildman–Crippen LogP) is 0.429. The van der Waals surface area contributed by atoms with E-state index in [0.717, 1.165) is 38.0 Å². The van der Waals surface area contributed by atoms with E-state index in [1.165, 1.54) is 32.2 Å². The highest BCUT2D eigenvalue weighted by Gasteiger charge is 2.26. The summed E-state index contributed by atoms with van der Waals surface area (Å²) < 4.78 is 5.38. The van der Waals surface area contributed by atoms with Gasteiger partial charge in [0, 0.05) is 25.0 Å². The summed E-state index contributed by atoms with van der Waals surface area (Å²) >= 11 is 5.59. The van der Waals surface area contributed by atoms with Gasteiger partial charge >= 0.3 is 0 Å². The van der Waals surface area contributed by atoms with E-state index in [1.807, 2.05) is 0 Å². The topological polar surface area (TPSA) is 28.9 Å². The highest BCUT2D eigenvalue weighted by atomic mass is 32.1. The van der Waals surface area contributed by atoms with Gasteiger partial charge in [-0.2, -0.15) is 0 Å². The first kappa shape index (κ1) is 16.0. The molecule has 0 aromatic rings. The summed E-state index contributed by atoms with van der Waals surface area (Å²) in [5.41, 5.74) is 0. The molecule has 2 rings (SSSR count). The minimum atomic E-state index is 0.587. The molecule has 4 nitrogen and oxygen atoms in total. The van der Waals surface area contributed by atoms with Gasteiger partial charge in [-0.15, -0.1) is 0 Å². The van der Waals surface area contributed by atoms with E-state index in [2.05, 4.69) is 24.1 Å². The molecule has 2 saturated heterocycles. The number of hydrogen-bond donors (Lipinski definition) is 2. The maximum absolute atomic E-state index is 5.59. The van der Waals surface area contributed by atoms with Gasteiger partial charge in [-0.05, 0) is 45.3 Å². The van der Waals surface area contributed by atoms with Crippen LogP contribution in [0.3, 0.4) is 0 Å². The normalized spacial score (nSPS) is 28.4. The average Bonchev–Trinajstić information content (AvgIpc) is 2.44. The van der Waals surface area contributed by atoms with Gasteiger partial charge in [-0.25, -0.2) is 0 Å². The van der Waals surface area contributed by atoms with Crippen LogP contribution in [0.15, 0.2) is 0 Å². The van der Waals surface area contributed by atoms with Crippen LogP contribution < -0.4 is 10.2 Å². The van der Waals surface area contributed by atoms with Gasteiger partial charge < -0.3 is 19.9 Å². The Kier molecular flexibility index (Phi) is 6.52. The van der Waals surface area contributed by atoms with Crippen molar-refractivity contribution >= 4 is 17.3 Å². The smallest absolute Gasteiger partial charge is 0.169 e. The molecule has 0 spiro atoms. The van der Waals surface area contributed by atoms with E-state index < -0.39 is 0 Å². The molecule has 5 heteroatoms. The molecule has 0 radical (unpaired) electrons. The molecule has 0 bridgehead atoms. The third kappa shape index (κ3) is 4.57. The lowest BCUT2D eigenvalue weighted by atomic mass is 9.98. The van der Waals surface area contributed by atoms with Gasteiger partial charge in [-0.3, -0.25) is 0 Å². The van der Waals surface area contributed by atoms with Crippen molar-refractivity contribution in [3.8, 4) is 0 Å². The molecule has 20 heavy (non-hydrogen) atoms. The summed E-state index contributed by atoms with van der Waals surface area (Å²) in [6.07, 6.45) is 5.06. The summed E-state index contributed by atoms with van der Waals surface area (Å²) in [6.45, 7) is 11.0. The summed E-state index contributed by atoms with van der Waals surface area (Å²) in [4.78, 5) is 4.07. The molecule has 0 aromatic carbocycles. The number of piperidine rings is 1. The van der Waals surface area contributed by atoms with E-state index in [9.17, 15) is 0 Å². The quantitative estimate of drug-likeness (QED) is 0.582. The van der Waals surface area contributed by atoms with Crippen LogP contribution >= 0.6 is 12.2 Å². The highest BCUT2D eigenvalue weighted by Crippen LogP contribution is 2.22. The van der Waals surface area contributed by atoms with Crippen molar-refractivity contribution in [3.63, 3.8) is 0 Å². The Labute approximate surface area is 128 Å². The Balaban J connectivity index is 1.64. The highest BCUT2D eigenvalue weighted by molar-refractivity contribution is 7.80. The van der Waals surface area contributed by atoms with Crippen LogP contribution in [0.5, 0.6) is 0 Å². The SMILES string of the molecule is C[C@H]1CCC[C@H](C)N1C(=S)NCCC[NH+]1CCOCC1. The van der Waals surface area contributed by atoms with Crippen molar-refractivity contribution in [1.29, 1.82) is 0 Å². The molecule has 116 valence electrons. The second kappa shape index (κ2) is 8.15. The van der Waals surface area contributed by atoms with Crippen molar-refractivity contribution in [1.82, 2.24) is 10.2 Å². The third-order valence-electron chi connectivity index (χ3n) is 4.61. The van der Waals surface area contributed by atoms with Crippen LogP contribution in [-0.4, -0.2) is 61.5 Å². The number of thiocarbonyl (C=S) groups is 1. The van der Waals surface area contributed by atoms with Crippen LogP contribution in [-0.2, 0) is 4.74 Å². The Bertz CT molecular complexity index is 297. The molecule has 0 amide bonds. The second-order valence-corrected chi connectivity index (χ2v) is 6.62. The van der Waals surface area contributed by atoms with Crippen molar-refractivity contribution in [3.05, 3.63) is 0 Å². The zero-order chi connectivity index (χ0) is 14.4. The van der Waals surface area contributed by atoms with Gasteiger partial charge in [0.15, 0.2) is 5.11 Å². The molecule has 0 aliphatic carbocycles. The molecule has 0 saturated carbocycles. The number of hydrogen-bond acceptors (Lipinski definition) is 2. The maximum Gasteiger partial charge on any atom is 0.169 e. The summed E-state index contributed by atoms with van der Waals surface area (Å²) in [5.74, 6) is 0. The zero-order valence-electron chi connectivity index (χ0n) is 13.0. The largest absolute Gasteiger partial charge is 0.370 e. The lowest BCUT2D eigenvalue weighted by Crippen LogP contribution is -3.14. The van der Waals surface area contributed by atoms with E-state index in [1.54, 1.807) is 4.90 Å². The summed E-state index contributed by atoms with van der Waals surface area (Å²) in [5, 5.41) is 4.43. The van der Waals surface area contributed by atoms with Crippen molar-refractivity contribution in [2.24, 2.45) is 0 Å². The van der Waals surface area contributed by atoms with Crippen LogP contribution in [0.4, 0.5) is 0 Å². The number of ether oxygens (including phenoxy) is 1. The lowest BCUT2D eigenvalue weighted by Gasteiger charge is -2.41. The van der Waals surface area contributed by atoms with E-state index in [-0.39, 0.29) is 0 Å². The summed E-state index contributed by atoms with van der Waals surface area (Å²) in [6, 6.07) is 1.17. The Morgan fingerprint density at radius 2 is 1.90 bits per heavy atom. The van der Waals surface area contributed by atoms with E-state index in [4.69, 9.17) is 17.0 Å². The number of nitrogens with zero attached hydrogens (tertiary/aromatic N) is 1.